The van der Waals surface area contributed by atoms with Crippen LogP contribution in [0, 0.1) is 0 Å². The van der Waals surface area contributed by atoms with Crippen LogP contribution in [0.5, 0.6) is 0 Å². The lowest BCUT2D eigenvalue weighted by atomic mass is 10.1. The fraction of sp³-hybridized carbons (Fsp3) is 0. The van der Waals surface area contributed by atoms with Gasteiger partial charge in [-0.1, -0.05) is 152 Å². The summed E-state index contributed by atoms with van der Waals surface area (Å²) in [7, 11) is 0. The maximum Gasteiger partial charge on any atom is 0.164 e. The van der Waals surface area contributed by atoms with Crippen LogP contribution in [-0.2, 0) is 0 Å². The van der Waals surface area contributed by atoms with E-state index >= 15 is 0 Å². The zero-order valence-electron chi connectivity index (χ0n) is 34.0. The van der Waals surface area contributed by atoms with E-state index in [9.17, 15) is 0 Å². The molecule has 0 fully saturated rings. The van der Waals surface area contributed by atoms with Crippen molar-refractivity contribution in [2.24, 2.45) is 0 Å². The van der Waals surface area contributed by atoms with Gasteiger partial charge in [0.05, 0.1) is 33.1 Å². The summed E-state index contributed by atoms with van der Waals surface area (Å²) in [5.41, 5.74) is 13.1. The fourth-order valence-corrected chi connectivity index (χ4v) is 9.73. The largest absolute Gasteiger partial charge is 0.309 e. The molecule has 13 rings (SSSR count). The molecule has 0 aliphatic rings. The molecule has 0 atom stereocenters. The van der Waals surface area contributed by atoms with E-state index in [-0.39, 0.29) is 0 Å². The molecule has 294 valence electrons. The molecular formula is C57H36N6. The quantitative estimate of drug-likeness (QED) is 0.168. The van der Waals surface area contributed by atoms with Crippen molar-refractivity contribution in [2.75, 3.05) is 0 Å². The zero-order chi connectivity index (χ0) is 41.4. The Kier molecular flexibility index (Phi) is 7.80. The minimum absolute atomic E-state index is 0.621. The molecule has 0 spiro atoms. The molecule has 0 aliphatic carbocycles. The smallest absolute Gasteiger partial charge is 0.164 e. The summed E-state index contributed by atoms with van der Waals surface area (Å²) >= 11 is 0. The zero-order valence-corrected chi connectivity index (χ0v) is 34.0. The molecule has 0 saturated heterocycles. The number of aromatic nitrogens is 6. The molecule has 0 saturated carbocycles. The van der Waals surface area contributed by atoms with Crippen LogP contribution in [0.15, 0.2) is 218 Å². The standard InChI is InChI=1S/C57H36N6/c1-4-17-37(18-5-1)55-58-56(38-19-6-2-7-20-38)60-57(59-55)39-21-16-24-41(35-39)63-49-29-14-10-25-43(49)45-32-34-52-53(54(45)63)46-27-12-15-30-50(46)62(52)42-31-33-51-47(36-42)44-26-11-13-28-48(44)61(51)40-22-8-3-9-23-40/h1-36H. The number of hydrogen-bond donors (Lipinski definition) is 0. The summed E-state index contributed by atoms with van der Waals surface area (Å²) in [6.07, 6.45) is 0. The van der Waals surface area contributed by atoms with Crippen LogP contribution in [0.1, 0.15) is 0 Å². The number of rotatable bonds is 6. The second-order valence-electron chi connectivity index (χ2n) is 16.0. The number of fused-ring (bicyclic) bond motifs is 10. The minimum atomic E-state index is 0.621. The van der Waals surface area contributed by atoms with Crippen molar-refractivity contribution in [2.45, 2.75) is 0 Å². The first-order chi connectivity index (χ1) is 31.3. The summed E-state index contributed by atoms with van der Waals surface area (Å²) < 4.78 is 7.25. The van der Waals surface area contributed by atoms with Gasteiger partial charge in [-0.05, 0) is 66.7 Å². The van der Waals surface area contributed by atoms with E-state index in [2.05, 4.69) is 171 Å². The first kappa shape index (κ1) is 35.2. The summed E-state index contributed by atoms with van der Waals surface area (Å²) in [5.74, 6) is 1.90. The van der Waals surface area contributed by atoms with Crippen molar-refractivity contribution in [3.63, 3.8) is 0 Å². The highest BCUT2D eigenvalue weighted by Gasteiger charge is 2.22. The van der Waals surface area contributed by atoms with E-state index in [4.69, 9.17) is 15.0 Å². The molecule has 0 unspecified atom stereocenters. The van der Waals surface area contributed by atoms with Gasteiger partial charge in [-0.3, -0.25) is 0 Å². The van der Waals surface area contributed by atoms with Crippen LogP contribution in [0.2, 0.25) is 0 Å². The molecule has 0 aliphatic heterocycles. The highest BCUT2D eigenvalue weighted by molar-refractivity contribution is 6.26. The minimum Gasteiger partial charge on any atom is -0.309 e. The molecule has 0 N–H and O–H groups in total. The van der Waals surface area contributed by atoms with Gasteiger partial charge >= 0.3 is 0 Å². The van der Waals surface area contributed by atoms with Crippen molar-refractivity contribution in [3.8, 4) is 51.2 Å². The van der Waals surface area contributed by atoms with Gasteiger partial charge in [0.1, 0.15) is 0 Å². The van der Waals surface area contributed by atoms with E-state index in [1.165, 1.54) is 43.4 Å². The molecule has 6 nitrogen and oxygen atoms in total. The Labute approximate surface area is 362 Å². The van der Waals surface area contributed by atoms with E-state index in [0.717, 1.165) is 55.8 Å². The number of nitrogens with zero attached hydrogens (tertiary/aromatic N) is 6. The lowest BCUT2D eigenvalue weighted by molar-refractivity contribution is 1.07. The summed E-state index contributed by atoms with van der Waals surface area (Å²) in [6, 6.07) is 77.4. The van der Waals surface area contributed by atoms with Gasteiger partial charge in [0.15, 0.2) is 17.5 Å². The predicted molar refractivity (Wildman–Crippen MR) is 259 cm³/mol. The van der Waals surface area contributed by atoms with Crippen molar-refractivity contribution in [1.29, 1.82) is 0 Å². The Bertz CT molecular complexity index is 3840. The Balaban J connectivity index is 1.05. The topological polar surface area (TPSA) is 53.5 Å². The van der Waals surface area contributed by atoms with Crippen molar-refractivity contribution < 1.29 is 0 Å². The third kappa shape index (κ3) is 5.48. The Morgan fingerprint density at radius 2 is 0.698 bits per heavy atom. The third-order valence-corrected chi connectivity index (χ3v) is 12.5. The van der Waals surface area contributed by atoms with Crippen LogP contribution in [0.4, 0.5) is 0 Å². The Morgan fingerprint density at radius 3 is 1.37 bits per heavy atom. The molecule has 0 amide bonds. The fourth-order valence-electron chi connectivity index (χ4n) is 9.73. The number of hydrogen-bond acceptors (Lipinski definition) is 3. The maximum absolute atomic E-state index is 5.10. The molecule has 9 aromatic carbocycles. The summed E-state index contributed by atoms with van der Waals surface area (Å²) in [6.45, 7) is 0. The van der Waals surface area contributed by atoms with E-state index in [1.54, 1.807) is 0 Å². The van der Waals surface area contributed by atoms with Gasteiger partial charge in [-0.15, -0.1) is 0 Å². The van der Waals surface area contributed by atoms with Crippen LogP contribution in [0.3, 0.4) is 0 Å². The highest BCUT2D eigenvalue weighted by Crippen LogP contribution is 2.43. The first-order valence-corrected chi connectivity index (χ1v) is 21.3. The van der Waals surface area contributed by atoms with Crippen LogP contribution in [-0.4, -0.2) is 28.7 Å². The molecule has 0 radical (unpaired) electrons. The SMILES string of the molecule is c1ccc(-c2nc(-c3ccccc3)nc(-c3cccc(-n4c5ccccc5c5ccc6c(c7ccccc7n6-c6ccc7c(c6)c6ccccc6n7-c6ccccc6)c54)c3)n2)cc1. The van der Waals surface area contributed by atoms with Crippen LogP contribution >= 0.6 is 0 Å². The third-order valence-electron chi connectivity index (χ3n) is 12.5. The molecule has 6 heteroatoms. The monoisotopic (exact) mass is 804 g/mol. The molecule has 63 heavy (non-hydrogen) atoms. The highest BCUT2D eigenvalue weighted by atomic mass is 15.0. The molecular weight excluding hydrogens is 769 g/mol. The van der Waals surface area contributed by atoms with E-state index < -0.39 is 0 Å². The van der Waals surface area contributed by atoms with E-state index in [0.29, 0.717) is 17.5 Å². The van der Waals surface area contributed by atoms with Crippen LogP contribution in [0.25, 0.3) is 117 Å². The lowest BCUT2D eigenvalue weighted by Gasteiger charge is -2.12. The van der Waals surface area contributed by atoms with Crippen molar-refractivity contribution >= 4 is 65.4 Å². The Morgan fingerprint density at radius 1 is 0.254 bits per heavy atom. The van der Waals surface area contributed by atoms with Crippen molar-refractivity contribution in [1.82, 2.24) is 28.7 Å². The molecule has 4 heterocycles. The first-order valence-electron chi connectivity index (χ1n) is 21.3. The molecule has 0 bridgehead atoms. The summed E-state index contributed by atoms with van der Waals surface area (Å²) in [4.78, 5) is 15.2. The van der Waals surface area contributed by atoms with Gasteiger partial charge in [0.2, 0.25) is 0 Å². The lowest BCUT2D eigenvalue weighted by Crippen LogP contribution is -2.01. The summed E-state index contributed by atoms with van der Waals surface area (Å²) in [5, 5.41) is 7.24. The van der Waals surface area contributed by atoms with Crippen molar-refractivity contribution in [3.05, 3.63) is 218 Å². The van der Waals surface area contributed by atoms with Gasteiger partial charge in [-0.2, -0.15) is 0 Å². The Hall–Kier alpha value is -8.61. The average Bonchev–Trinajstić information content (AvgIpc) is 4.00. The van der Waals surface area contributed by atoms with Gasteiger partial charge in [0, 0.05) is 66.1 Å². The number of para-hydroxylation sites is 4. The second kappa shape index (κ2) is 14.0. The maximum atomic E-state index is 5.10. The molecule has 4 aromatic heterocycles. The van der Waals surface area contributed by atoms with Crippen LogP contribution < -0.4 is 0 Å². The van der Waals surface area contributed by atoms with Gasteiger partial charge in [-0.25, -0.2) is 15.0 Å². The normalized spacial score (nSPS) is 11.8. The molecule has 13 aromatic rings. The second-order valence-corrected chi connectivity index (χ2v) is 16.0. The number of benzene rings is 9. The van der Waals surface area contributed by atoms with E-state index in [1.807, 2.05) is 60.7 Å². The van der Waals surface area contributed by atoms with Gasteiger partial charge < -0.3 is 13.7 Å². The van der Waals surface area contributed by atoms with Gasteiger partial charge in [0.25, 0.3) is 0 Å². The predicted octanol–water partition coefficient (Wildman–Crippen LogP) is 14.2. The average molecular weight is 805 g/mol.